The van der Waals surface area contributed by atoms with Gasteiger partial charge in [0, 0.05) is 41.6 Å². The molecule has 3 atom stereocenters. The van der Waals surface area contributed by atoms with Crippen molar-refractivity contribution >= 4 is 34.3 Å². The largest absolute Gasteiger partial charge is 0.481 e. The summed E-state index contributed by atoms with van der Waals surface area (Å²) in [7, 11) is 0. The Morgan fingerprint density at radius 3 is 2.23 bits per heavy atom. The molecule has 1 saturated carbocycles. The van der Waals surface area contributed by atoms with E-state index in [1.807, 2.05) is 49.9 Å². The lowest BCUT2D eigenvalue weighted by atomic mass is 9.91. The quantitative estimate of drug-likeness (QED) is 0.176. The molecular weight excluding hydrogens is 683 g/mol. The van der Waals surface area contributed by atoms with Crippen LogP contribution in [0, 0.1) is 37.0 Å². The van der Waals surface area contributed by atoms with E-state index in [9.17, 15) is 20.0 Å². The molecule has 1 amide bonds. The van der Waals surface area contributed by atoms with E-state index in [0.717, 1.165) is 67.5 Å². The molecule has 10 heteroatoms. The van der Waals surface area contributed by atoms with Gasteiger partial charge >= 0.3 is 5.97 Å². The van der Waals surface area contributed by atoms with Gasteiger partial charge in [0.15, 0.2) is 5.58 Å². The molecule has 3 aliphatic rings. The normalized spacial score (nSPS) is 18.6. The molecule has 3 aromatic carbocycles. The van der Waals surface area contributed by atoms with Gasteiger partial charge in [0.05, 0.1) is 30.3 Å². The van der Waals surface area contributed by atoms with E-state index in [0.29, 0.717) is 55.0 Å². The van der Waals surface area contributed by atoms with Gasteiger partial charge in [0.25, 0.3) is 0 Å². The number of rotatable bonds is 7. The molecule has 1 N–H and O–H groups in total. The zero-order valence-electron chi connectivity index (χ0n) is 31.8. The second-order valence-electron chi connectivity index (χ2n) is 14.0. The second-order valence-corrected chi connectivity index (χ2v) is 15.1. The number of piperidine rings is 1. The summed E-state index contributed by atoms with van der Waals surface area (Å²) < 4.78 is 6.31. The Balaban J connectivity index is 0.000000916. The average molecular weight is 732 g/mol. The fourth-order valence-corrected chi connectivity index (χ4v) is 9.20. The third-order valence-corrected chi connectivity index (χ3v) is 11.7. The number of aliphatic carboxylic acids is 1. The van der Waals surface area contributed by atoms with Crippen LogP contribution in [0.25, 0.3) is 44.3 Å². The summed E-state index contributed by atoms with van der Waals surface area (Å²) in [5, 5.41) is 20.6. The maximum absolute atomic E-state index is 12.2. The minimum absolute atomic E-state index is 0.157. The highest BCUT2D eigenvalue weighted by molar-refractivity contribution is 7.15. The average Bonchev–Trinajstić information content (AvgIpc) is 3.99. The Hall–Kier alpha value is -4.85. The van der Waals surface area contributed by atoms with Gasteiger partial charge < -0.3 is 14.4 Å². The fourth-order valence-electron chi connectivity index (χ4n) is 8.03. The Morgan fingerprint density at radius 2 is 1.62 bits per heavy atom. The van der Waals surface area contributed by atoms with Gasteiger partial charge in [-0.2, -0.15) is 5.26 Å². The Morgan fingerprint density at radius 1 is 0.962 bits per heavy atom. The lowest BCUT2D eigenvalue weighted by molar-refractivity contribution is -0.144. The summed E-state index contributed by atoms with van der Waals surface area (Å²) in [6, 6.07) is 18.9. The van der Waals surface area contributed by atoms with Gasteiger partial charge in [0.2, 0.25) is 11.8 Å². The van der Waals surface area contributed by atoms with Crippen LogP contribution < -0.4 is 0 Å². The number of likely N-dealkylation sites (tertiary alicyclic amines) is 1. The van der Waals surface area contributed by atoms with Crippen molar-refractivity contribution in [2.75, 3.05) is 6.54 Å². The molecule has 1 saturated heterocycles. The topological polar surface area (TPSA) is 124 Å². The SMILES string of the molecule is CC.CCC.CCC(=O)N1Cc2nc(-c3cccc(-c4cccc(-c5nc6cc(CN7CC8CC7CC8C(=O)O)cc(C#N)c6o5)c4C)c3C)sc2C1. The van der Waals surface area contributed by atoms with Crippen molar-refractivity contribution in [2.24, 2.45) is 11.8 Å². The van der Waals surface area contributed by atoms with E-state index < -0.39 is 5.97 Å². The molecule has 9 nitrogen and oxygen atoms in total. The molecule has 5 aromatic rings. The number of fused-ring (bicyclic) bond motifs is 4. The van der Waals surface area contributed by atoms with E-state index in [1.54, 1.807) is 11.3 Å². The lowest BCUT2D eigenvalue weighted by Gasteiger charge is -2.29. The first-order valence-corrected chi connectivity index (χ1v) is 19.7. The predicted octanol–water partition coefficient (Wildman–Crippen LogP) is 9.76. The van der Waals surface area contributed by atoms with Crippen molar-refractivity contribution < 1.29 is 19.1 Å². The first-order chi connectivity index (χ1) is 25.6. The number of carboxylic acids is 1. The number of amides is 1. The molecular formula is C43H49N5O4S. The summed E-state index contributed by atoms with van der Waals surface area (Å²) in [6.45, 7) is 17.0. The first kappa shape index (κ1) is 37.9. The number of hydrogen-bond donors (Lipinski definition) is 1. The molecule has 2 bridgehead atoms. The van der Waals surface area contributed by atoms with Crippen LogP contribution in [0.1, 0.15) is 93.1 Å². The van der Waals surface area contributed by atoms with Gasteiger partial charge in [-0.15, -0.1) is 11.3 Å². The van der Waals surface area contributed by atoms with Gasteiger partial charge in [-0.3, -0.25) is 14.5 Å². The highest BCUT2D eigenvalue weighted by Gasteiger charge is 2.47. The van der Waals surface area contributed by atoms with Crippen LogP contribution in [-0.4, -0.2) is 49.3 Å². The number of thiazole rings is 1. The predicted molar refractivity (Wildman–Crippen MR) is 210 cm³/mol. The van der Waals surface area contributed by atoms with Gasteiger partial charge in [-0.25, -0.2) is 9.97 Å². The number of benzene rings is 3. The second kappa shape index (κ2) is 16.0. The zero-order chi connectivity index (χ0) is 38.0. The molecule has 8 rings (SSSR count). The van der Waals surface area contributed by atoms with Crippen LogP contribution in [0.3, 0.4) is 0 Å². The van der Waals surface area contributed by atoms with Crippen molar-refractivity contribution in [3.05, 3.63) is 81.4 Å². The van der Waals surface area contributed by atoms with Crippen molar-refractivity contribution in [3.8, 4) is 39.2 Å². The van der Waals surface area contributed by atoms with Crippen molar-refractivity contribution in [3.63, 3.8) is 0 Å². The maximum atomic E-state index is 12.2. The molecule has 0 radical (unpaired) electrons. The molecule has 276 valence electrons. The van der Waals surface area contributed by atoms with Crippen LogP contribution in [0.15, 0.2) is 52.9 Å². The number of carbonyl (C=O) groups is 2. The van der Waals surface area contributed by atoms with Gasteiger partial charge in [-0.1, -0.05) is 71.4 Å². The van der Waals surface area contributed by atoms with Crippen molar-refractivity contribution in [1.29, 1.82) is 5.26 Å². The number of nitrogens with zero attached hydrogens (tertiary/aromatic N) is 5. The number of oxazole rings is 1. The van der Waals surface area contributed by atoms with Crippen molar-refractivity contribution in [1.82, 2.24) is 19.8 Å². The van der Waals surface area contributed by atoms with E-state index >= 15 is 0 Å². The van der Waals surface area contributed by atoms with E-state index in [2.05, 4.69) is 62.9 Å². The lowest BCUT2D eigenvalue weighted by Crippen LogP contribution is -2.37. The number of carbonyl (C=O) groups excluding carboxylic acids is 1. The Kier molecular flexibility index (Phi) is 11.5. The molecule has 1 aliphatic carbocycles. The molecule has 3 unspecified atom stereocenters. The van der Waals surface area contributed by atoms with E-state index in [-0.39, 0.29) is 23.8 Å². The highest BCUT2D eigenvalue weighted by atomic mass is 32.1. The number of nitriles is 1. The smallest absolute Gasteiger partial charge is 0.306 e. The molecule has 2 aliphatic heterocycles. The van der Waals surface area contributed by atoms with Gasteiger partial charge in [-0.05, 0) is 78.6 Å². The summed E-state index contributed by atoms with van der Waals surface area (Å²) >= 11 is 1.67. The molecule has 4 heterocycles. The number of hydrogen-bond acceptors (Lipinski definition) is 8. The first-order valence-electron chi connectivity index (χ1n) is 18.9. The van der Waals surface area contributed by atoms with Crippen LogP contribution in [0.2, 0.25) is 0 Å². The molecule has 2 aromatic heterocycles. The van der Waals surface area contributed by atoms with E-state index in [4.69, 9.17) is 14.4 Å². The van der Waals surface area contributed by atoms with Crippen LogP contribution in [0.4, 0.5) is 0 Å². The monoisotopic (exact) mass is 731 g/mol. The standard InChI is InChI=1S/C38H35N5O4S.C3H8.C2H6/c1-4-34(44)43-18-32-33(19-43)48-37(41-32)29-10-6-8-27(21(29)3)26-7-5-9-28(20(26)2)36-40-31-12-22(11-23(15-39)35(31)47-36)16-42-17-24-13-25(42)14-30(24)38(45)46;1-3-2;1-2/h5-12,24-25,30H,4,13-14,16-19H2,1-3H3,(H,45,46);3H2,1-2H3;1-2H3. The number of carboxylic acid groups (broad SMARTS) is 1. The number of aromatic nitrogens is 2. The Bertz CT molecular complexity index is 2170. The molecule has 0 spiro atoms. The summed E-state index contributed by atoms with van der Waals surface area (Å²) in [5.74, 6) is -0.113. The minimum atomic E-state index is -0.686. The fraction of sp³-hybridized carbons (Fsp3) is 0.419. The maximum Gasteiger partial charge on any atom is 0.306 e. The molecule has 2 fully saturated rings. The summed E-state index contributed by atoms with van der Waals surface area (Å²) in [5.41, 5.74) is 9.83. The zero-order valence-corrected chi connectivity index (χ0v) is 32.6. The van der Waals surface area contributed by atoms with Crippen LogP contribution in [0.5, 0.6) is 0 Å². The third-order valence-electron chi connectivity index (χ3n) is 10.6. The highest BCUT2D eigenvalue weighted by Crippen LogP contribution is 2.44. The summed E-state index contributed by atoms with van der Waals surface area (Å²) in [6.07, 6.45) is 3.36. The summed E-state index contributed by atoms with van der Waals surface area (Å²) in [4.78, 5) is 39.0. The van der Waals surface area contributed by atoms with Crippen LogP contribution >= 0.6 is 11.3 Å². The minimum Gasteiger partial charge on any atom is -0.481 e. The Labute approximate surface area is 316 Å². The van der Waals surface area contributed by atoms with Crippen LogP contribution in [-0.2, 0) is 29.2 Å². The van der Waals surface area contributed by atoms with E-state index in [1.165, 1.54) is 6.42 Å². The third kappa shape index (κ3) is 7.25. The van der Waals surface area contributed by atoms with Gasteiger partial charge in [0.1, 0.15) is 16.6 Å². The molecule has 53 heavy (non-hydrogen) atoms. The van der Waals surface area contributed by atoms with Crippen molar-refractivity contribution in [2.45, 2.75) is 99.8 Å².